The molecule has 0 bridgehead atoms. The predicted octanol–water partition coefficient (Wildman–Crippen LogP) is 7.81. The van der Waals surface area contributed by atoms with E-state index in [0.717, 1.165) is 68.9 Å². The number of allylic oxidation sites excluding steroid dienone is 3. The summed E-state index contributed by atoms with van der Waals surface area (Å²) in [5.74, 6) is 0.866. The van der Waals surface area contributed by atoms with Crippen LogP contribution in [0.2, 0.25) is 0 Å². The Kier molecular flexibility index (Phi) is 10.9. The zero-order valence-corrected chi connectivity index (χ0v) is 20.6. The van der Waals surface area contributed by atoms with Crippen molar-refractivity contribution in [3.05, 3.63) is 47.1 Å². The van der Waals surface area contributed by atoms with Gasteiger partial charge in [-0.3, -0.25) is 0 Å². The molecule has 0 heterocycles. The highest BCUT2D eigenvalue weighted by Crippen LogP contribution is 2.47. The molecule has 2 rings (SSSR count). The first-order valence-electron chi connectivity index (χ1n) is 12.5. The second kappa shape index (κ2) is 13.3. The number of hydrogen-bond acceptors (Lipinski definition) is 3. The molecule has 4 heteroatoms. The zero-order valence-electron chi connectivity index (χ0n) is 20.6. The number of phenols is 1. The predicted molar refractivity (Wildman–Crippen MR) is 134 cm³/mol. The van der Waals surface area contributed by atoms with Crippen LogP contribution in [0.4, 0.5) is 4.79 Å². The van der Waals surface area contributed by atoms with E-state index in [1.54, 1.807) is 0 Å². The average molecular weight is 442 g/mol. The van der Waals surface area contributed by atoms with Crippen molar-refractivity contribution in [2.75, 3.05) is 6.54 Å². The Morgan fingerprint density at radius 2 is 1.88 bits per heavy atom. The van der Waals surface area contributed by atoms with Gasteiger partial charge in [-0.15, -0.1) is 0 Å². The number of benzene rings is 1. The van der Waals surface area contributed by atoms with Crippen LogP contribution < -0.4 is 10.1 Å². The molecule has 1 aliphatic rings. The normalized spacial score (nSPS) is 18.2. The number of unbranched alkanes of at least 4 members (excludes halogenated alkanes) is 5. The van der Waals surface area contributed by atoms with Gasteiger partial charge in [0.2, 0.25) is 0 Å². The molecule has 0 unspecified atom stereocenters. The molecule has 2 atom stereocenters. The van der Waals surface area contributed by atoms with E-state index in [4.69, 9.17) is 4.74 Å². The van der Waals surface area contributed by atoms with Gasteiger partial charge in [0.15, 0.2) is 0 Å². The number of rotatable bonds is 12. The number of ether oxygens (including phenoxy) is 1. The van der Waals surface area contributed by atoms with Gasteiger partial charge in [0.1, 0.15) is 11.5 Å². The molecule has 0 saturated carbocycles. The van der Waals surface area contributed by atoms with E-state index in [9.17, 15) is 9.90 Å². The monoisotopic (exact) mass is 441 g/mol. The minimum absolute atomic E-state index is 0.0432. The van der Waals surface area contributed by atoms with E-state index in [1.807, 2.05) is 19.1 Å². The fourth-order valence-corrected chi connectivity index (χ4v) is 4.59. The number of hydrogen-bond donors (Lipinski definition) is 2. The first kappa shape index (κ1) is 26.0. The summed E-state index contributed by atoms with van der Waals surface area (Å²) in [6.45, 7) is 13.3. The van der Waals surface area contributed by atoms with Crippen molar-refractivity contribution >= 4 is 6.09 Å². The van der Waals surface area contributed by atoms with Crippen LogP contribution in [0.5, 0.6) is 11.5 Å². The molecular formula is C28H43NO3. The maximum atomic E-state index is 12.6. The van der Waals surface area contributed by atoms with Crippen LogP contribution in [-0.2, 0) is 6.42 Å². The second-order valence-electron chi connectivity index (χ2n) is 9.39. The molecule has 4 nitrogen and oxygen atoms in total. The molecule has 32 heavy (non-hydrogen) atoms. The molecule has 2 N–H and O–H groups in total. The fourth-order valence-electron chi connectivity index (χ4n) is 4.59. The lowest BCUT2D eigenvalue weighted by molar-refractivity contribution is 0.199. The quantitative estimate of drug-likeness (QED) is 0.257. The van der Waals surface area contributed by atoms with Gasteiger partial charge in [-0.25, -0.2) is 4.79 Å². The Balaban J connectivity index is 2.31. The zero-order chi connectivity index (χ0) is 23.5. The lowest BCUT2D eigenvalue weighted by atomic mass is 9.73. The SMILES string of the molecule is C=C(C)[C@@H]1CCC(C)=C[C@H]1c1c(O)cc(CCCCC)cc1OC(=O)NCCCCCC. The van der Waals surface area contributed by atoms with Gasteiger partial charge in [0, 0.05) is 18.0 Å². The van der Waals surface area contributed by atoms with Gasteiger partial charge in [-0.2, -0.15) is 0 Å². The molecule has 178 valence electrons. The summed E-state index contributed by atoms with van der Waals surface area (Å²) < 4.78 is 5.83. The molecular weight excluding hydrogens is 398 g/mol. The van der Waals surface area contributed by atoms with E-state index in [0.29, 0.717) is 17.9 Å². The lowest BCUT2D eigenvalue weighted by Crippen LogP contribution is -2.28. The number of amides is 1. The number of aromatic hydroxyl groups is 1. The van der Waals surface area contributed by atoms with Crippen molar-refractivity contribution < 1.29 is 14.6 Å². The second-order valence-corrected chi connectivity index (χ2v) is 9.39. The molecule has 0 spiro atoms. The summed E-state index contributed by atoms with van der Waals surface area (Å²) in [5, 5.41) is 14.0. The Morgan fingerprint density at radius 3 is 2.56 bits per heavy atom. The molecule has 0 fully saturated rings. The van der Waals surface area contributed by atoms with Crippen LogP contribution in [0.3, 0.4) is 0 Å². The van der Waals surface area contributed by atoms with Gasteiger partial charge in [-0.05, 0) is 69.6 Å². The van der Waals surface area contributed by atoms with Crippen molar-refractivity contribution in [1.29, 1.82) is 0 Å². The molecule has 0 saturated heterocycles. The molecule has 0 aliphatic heterocycles. The summed E-state index contributed by atoms with van der Waals surface area (Å²) in [7, 11) is 0. The van der Waals surface area contributed by atoms with Crippen molar-refractivity contribution in [2.24, 2.45) is 5.92 Å². The number of aryl methyl sites for hydroxylation is 1. The van der Waals surface area contributed by atoms with Crippen LogP contribution >= 0.6 is 0 Å². The van der Waals surface area contributed by atoms with E-state index in [2.05, 4.69) is 38.7 Å². The van der Waals surface area contributed by atoms with Gasteiger partial charge >= 0.3 is 6.09 Å². The topological polar surface area (TPSA) is 58.6 Å². The van der Waals surface area contributed by atoms with Gasteiger partial charge < -0.3 is 15.2 Å². The Labute approximate surface area is 195 Å². The van der Waals surface area contributed by atoms with E-state index in [-0.39, 0.29) is 17.6 Å². The fraction of sp³-hybridized carbons (Fsp3) is 0.607. The van der Waals surface area contributed by atoms with Crippen molar-refractivity contribution in [2.45, 2.75) is 97.8 Å². The molecule has 1 aliphatic carbocycles. The minimum Gasteiger partial charge on any atom is -0.507 e. The lowest BCUT2D eigenvalue weighted by Gasteiger charge is -2.32. The Hall–Kier alpha value is -2.23. The van der Waals surface area contributed by atoms with Gasteiger partial charge in [0.05, 0.1) is 0 Å². The molecule has 0 aromatic heterocycles. The van der Waals surface area contributed by atoms with E-state index < -0.39 is 6.09 Å². The highest BCUT2D eigenvalue weighted by molar-refractivity contribution is 5.72. The van der Waals surface area contributed by atoms with Crippen LogP contribution in [0.15, 0.2) is 35.9 Å². The average Bonchev–Trinajstić information content (AvgIpc) is 2.73. The summed E-state index contributed by atoms with van der Waals surface area (Å²) >= 11 is 0. The van der Waals surface area contributed by atoms with Crippen molar-refractivity contribution in [1.82, 2.24) is 5.32 Å². The molecule has 0 radical (unpaired) electrons. The van der Waals surface area contributed by atoms with Crippen molar-refractivity contribution in [3.63, 3.8) is 0 Å². The molecule has 1 aromatic rings. The standard InChI is InChI=1S/C28H43NO3/c1-6-8-10-12-16-29-28(31)32-26-19-22(13-11-9-7-2)18-25(30)27(26)24-17-21(5)14-15-23(24)20(3)4/h17-19,23-24,30H,3,6-16H2,1-2,4-5H3,(H,29,31)/t23-,24+/m0/s1. The number of carbonyl (C=O) groups is 1. The summed E-state index contributed by atoms with van der Waals surface area (Å²) in [4.78, 5) is 12.6. The van der Waals surface area contributed by atoms with Crippen LogP contribution in [0.25, 0.3) is 0 Å². The first-order chi connectivity index (χ1) is 15.4. The third kappa shape index (κ3) is 7.72. The smallest absolute Gasteiger partial charge is 0.412 e. The first-order valence-corrected chi connectivity index (χ1v) is 12.5. The van der Waals surface area contributed by atoms with Crippen LogP contribution in [0, 0.1) is 5.92 Å². The Bertz CT molecular complexity index is 796. The largest absolute Gasteiger partial charge is 0.507 e. The minimum atomic E-state index is -0.448. The highest BCUT2D eigenvalue weighted by Gasteiger charge is 2.31. The van der Waals surface area contributed by atoms with Crippen LogP contribution in [-0.4, -0.2) is 17.7 Å². The van der Waals surface area contributed by atoms with E-state index >= 15 is 0 Å². The summed E-state index contributed by atoms with van der Waals surface area (Å²) in [5.41, 5.74) is 4.10. The van der Waals surface area contributed by atoms with Crippen molar-refractivity contribution in [3.8, 4) is 11.5 Å². The maximum Gasteiger partial charge on any atom is 0.412 e. The van der Waals surface area contributed by atoms with E-state index in [1.165, 1.54) is 12.0 Å². The van der Waals surface area contributed by atoms with Gasteiger partial charge in [-0.1, -0.05) is 69.8 Å². The third-order valence-corrected chi connectivity index (χ3v) is 6.46. The maximum absolute atomic E-state index is 12.6. The highest BCUT2D eigenvalue weighted by atomic mass is 16.6. The third-order valence-electron chi connectivity index (χ3n) is 6.46. The molecule has 1 aromatic carbocycles. The number of nitrogens with one attached hydrogen (secondary N) is 1. The Morgan fingerprint density at radius 1 is 1.16 bits per heavy atom. The number of carbonyl (C=O) groups excluding carboxylic acids is 1. The van der Waals surface area contributed by atoms with Gasteiger partial charge in [0.25, 0.3) is 0 Å². The number of phenolic OH excluding ortho intramolecular Hbond substituents is 1. The summed E-state index contributed by atoms with van der Waals surface area (Å²) in [6, 6.07) is 3.81. The molecule has 1 amide bonds. The van der Waals surface area contributed by atoms with Crippen LogP contribution in [0.1, 0.15) is 103 Å². The summed E-state index contributed by atoms with van der Waals surface area (Å²) in [6.07, 6.45) is 12.3.